The van der Waals surface area contributed by atoms with Crippen LogP contribution in [-0.4, -0.2) is 30.8 Å². The Hall–Kier alpha value is -0.251. The molecule has 0 amide bonds. The molecule has 0 fully saturated rings. The maximum atomic E-state index is 12.4. The number of hydrogen-bond acceptors (Lipinski definition) is 2. The molecule has 0 aromatic heterocycles. The predicted molar refractivity (Wildman–Crippen MR) is 95.4 cm³/mol. The van der Waals surface area contributed by atoms with Crippen molar-refractivity contribution >= 4 is 24.2 Å². The summed E-state index contributed by atoms with van der Waals surface area (Å²) in [5.41, 5.74) is 1.65. The first-order chi connectivity index (χ1) is 10.3. The van der Waals surface area contributed by atoms with Gasteiger partial charge in [-0.15, -0.1) is 0 Å². The summed E-state index contributed by atoms with van der Waals surface area (Å²) in [4.78, 5) is 20.0. The van der Waals surface area contributed by atoms with Crippen LogP contribution in [0.5, 0.6) is 0 Å². The summed E-state index contributed by atoms with van der Waals surface area (Å²) in [6, 6.07) is 0. The average Bonchev–Trinajstić information content (AvgIpc) is 2.87. The predicted octanol–water partition coefficient (Wildman–Crippen LogP) is 5.27. The molecule has 0 aromatic rings. The maximum absolute atomic E-state index is 12.4. The third-order valence-electron chi connectivity index (χ3n) is 4.78. The van der Waals surface area contributed by atoms with Gasteiger partial charge in [-0.3, -0.25) is 0 Å². The molecule has 2 aliphatic carbocycles. The zero-order chi connectivity index (χ0) is 16.3. The first-order valence-electron chi connectivity index (χ1n) is 8.86. The summed E-state index contributed by atoms with van der Waals surface area (Å²) < 4.78 is 7.56. The molecule has 0 aromatic carbocycles. The quantitative estimate of drug-likeness (QED) is 0.557. The van der Waals surface area contributed by atoms with Crippen molar-refractivity contribution in [3.05, 3.63) is 21.0 Å². The first kappa shape index (κ1) is 18.1. The number of allylic oxidation sites excluding steroid dienone is 4. The topological polar surface area (TPSA) is 26.3 Å². The van der Waals surface area contributed by atoms with Gasteiger partial charge in [0, 0.05) is 0 Å². The van der Waals surface area contributed by atoms with Gasteiger partial charge >= 0.3 is 140 Å². The van der Waals surface area contributed by atoms with Crippen LogP contribution >= 0.6 is 0 Å². The molecule has 1 atom stereocenters. The zero-order valence-electron chi connectivity index (χ0n) is 15.0. The summed E-state index contributed by atoms with van der Waals surface area (Å²) in [5.74, 6) is 1.93. The Morgan fingerprint density at radius 3 is 2.55 bits per heavy atom. The van der Waals surface area contributed by atoms with Crippen molar-refractivity contribution < 1.29 is 9.53 Å². The first-order valence-corrected chi connectivity index (χ1v) is 18.8. The summed E-state index contributed by atoms with van der Waals surface area (Å²) >= 11 is -1.95. The number of hydrogen-bond donors (Lipinski definition) is 0. The Labute approximate surface area is 140 Å². The molecule has 22 heavy (non-hydrogen) atoms. The van der Waals surface area contributed by atoms with E-state index >= 15 is 0 Å². The van der Waals surface area contributed by atoms with E-state index in [-0.39, 0.29) is 5.92 Å². The molecule has 0 N–H and O–H groups in total. The standard InChI is InChI=1S/C16H23O2.3CH3.Sn/c1-12(2)11-18-15-8-7-14(16(17)10-15)9-13-5-3-4-6-13;;;;/h10,12,14H,3-5,7-9,11H2,1-2H3;3*1H3;. The van der Waals surface area contributed by atoms with Gasteiger partial charge in [-0.2, -0.15) is 0 Å². The fourth-order valence-corrected chi connectivity index (χ4v) is 9.95. The second kappa shape index (κ2) is 7.55. The van der Waals surface area contributed by atoms with Crippen LogP contribution in [0.15, 0.2) is 21.0 Å². The fraction of sp³-hybridized carbons (Fsp3) is 0.737. The number of carbonyl (C=O) groups excluding carboxylic acids is 1. The number of carbonyl (C=O) groups is 1. The average molecular weight is 411 g/mol. The van der Waals surface area contributed by atoms with Crippen molar-refractivity contribution in [2.24, 2.45) is 11.8 Å². The Morgan fingerprint density at radius 2 is 1.95 bits per heavy atom. The van der Waals surface area contributed by atoms with E-state index in [4.69, 9.17) is 4.74 Å². The SMILES string of the molecule is CC(C)COC1=CC(=O)C(CC2=[C]([Sn]([CH3])([CH3])[CH3])CCC2)CC1. The molecular formula is C19H32O2Sn. The summed E-state index contributed by atoms with van der Waals surface area (Å²) in [6.45, 7) is 5.00. The van der Waals surface area contributed by atoms with E-state index in [1.807, 2.05) is 3.59 Å². The van der Waals surface area contributed by atoms with Crippen molar-refractivity contribution in [2.45, 2.75) is 67.2 Å². The van der Waals surface area contributed by atoms with Gasteiger partial charge < -0.3 is 0 Å². The zero-order valence-corrected chi connectivity index (χ0v) is 17.9. The van der Waals surface area contributed by atoms with Gasteiger partial charge in [-0.25, -0.2) is 0 Å². The Morgan fingerprint density at radius 1 is 1.23 bits per heavy atom. The molecule has 2 aliphatic rings. The van der Waals surface area contributed by atoms with Gasteiger partial charge in [0.2, 0.25) is 0 Å². The summed E-state index contributed by atoms with van der Waals surface area (Å²) in [5, 5.41) is 0. The summed E-state index contributed by atoms with van der Waals surface area (Å²) in [6.07, 6.45) is 8.59. The van der Waals surface area contributed by atoms with E-state index in [1.54, 1.807) is 11.6 Å². The Kier molecular flexibility index (Phi) is 6.21. The molecule has 2 rings (SSSR count). The van der Waals surface area contributed by atoms with Crippen LogP contribution in [0.3, 0.4) is 0 Å². The third-order valence-corrected chi connectivity index (χ3v) is 11.7. The number of ether oxygens (including phenoxy) is 1. The monoisotopic (exact) mass is 412 g/mol. The molecule has 0 aliphatic heterocycles. The van der Waals surface area contributed by atoms with Crippen LogP contribution in [-0.2, 0) is 9.53 Å². The molecule has 0 saturated heterocycles. The van der Waals surface area contributed by atoms with Crippen molar-refractivity contribution in [3.63, 3.8) is 0 Å². The van der Waals surface area contributed by atoms with Gasteiger partial charge in [0.25, 0.3) is 0 Å². The van der Waals surface area contributed by atoms with Gasteiger partial charge in [0.15, 0.2) is 0 Å². The van der Waals surface area contributed by atoms with Crippen LogP contribution in [0.1, 0.15) is 52.4 Å². The Bertz CT molecular complexity index is 480. The molecule has 0 spiro atoms. The Balaban J connectivity index is 1.99. The minimum atomic E-state index is -1.95. The van der Waals surface area contributed by atoms with Crippen LogP contribution in [0.25, 0.3) is 0 Å². The molecule has 3 heteroatoms. The van der Waals surface area contributed by atoms with E-state index in [9.17, 15) is 4.79 Å². The van der Waals surface area contributed by atoms with Crippen molar-refractivity contribution in [1.82, 2.24) is 0 Å². The normalized spacial score (nSPS) is 23.3. The van der Waals surface area contributed by atoms with Gasteiger partial charge in [0.05, 0.1) is 0 Å². The van der Waals surface area contributed by atoms with Crippen molar-refractivity contribution in [3.8, 4) is 0 Å². The van der Waals surface area contributed by atoms with E-state index in [2.05, 4.69) is 28.7 Å². The number of ketones is 1. The van der Waals surface area contributed by atoms with Gasteiger partial charge in [-0.1, -0.05) is 0 Å². The molecule has 2 nitrogen and oxygen atoms in total. The van der Waals surface area contributed by atoms with Gasteiger partial charge in [-0.05, 0) is 0 Å². The van der Waals surface area contributed by atoms with E-state index in [0.717, 1.165) is 31.6 Å². The van der Waals surface area contributed by atoms with E-state index in [1.165, 1.54) is 19.3 Å². The van der Waals surface area contributed by atoms with Gasteiger partial charge in [0.1, 0.15) is 0 Å². The summed E-state index contributed by atoms with van der Waals surface area (Å²) in [7, 11) is 0. The van der Waals surface area contributed by atoms with E-state index in [0.29, 0.717) is 11.7 Å². The second-order valence-corrected chi connectivity index (χ2v) is 22.9. The van der Waals surface area contributed by atoms with Crippen molar-refractivity contribution in [2.75, 3.05) is 6.61 Å². The molecular weight excluding hydrogens is 379 g/mol. The van der Waals surface area contributed by atoms with E-state index < -0.39 is 18.4 Å². The number of rotatable bonds is 6. The van der Waals surface area contributed by atoms with Crippen LogP contribution in [0.4, 0.5) is 0 Å². The fourth-order valence-electron chi connectivity index (χ4n) is 3.63. The molecule has 0 heterocycles. The molecule has 124 valence electrons. The molecule has 0 saturated carbocycles. The minimum absolute atomic E-state index is 0.211. The van der Waals surface area contributed by atoms with Crippen LogP contribution in [0.2, 0.25) is 14.8 Å². The molecule has 1 unspecified atom stereocenters. The van der Waals surface area contributed by atoms with Crippen molar-refractivity contribution in [1.29, 1.82) is 0 Å². The third kappa shape index (κ3) is 4.87. The second-order valence-electron chi connectivity index (χ2n) is 8.34. The van der Waals surface area contributed by atoms with Crippen LogP contribution < -0.4 is 0 Å². The molecule has 0 bridgehead atoms. The molecule has 0 radical (unpaired) electrons. The van der Waals surface area contributed by atoms with Crippen LogP contribution in [0, 0.1) is 11.8 Å².